The lowest BCUT2D eigenvalue weighted by atomic mass is 10.2. The molecule has 1 aromatic heterocycles. The van der Waals surface area contributed by atoms with Crippen LogP contribution in [0.2, 0.25) is 5.02 Å². The SMILES string of the molecule is CCOC(=O)c1ccc(N(C)S(=O)(=O)c2cccs2)cc1Cl. The van der Waals surface area contributed by atoms with Gasteiger partial charge in [0.15, 0.2) is 0 Å². The van der Waals surface area contributed by atoms with Gasteiger partial charge < -0.3 is 4.74 Å². The quantitative estimate of drug-likeness (QED) is 0.767. The van der Waals surface area contributed by atoms with Crippen molar-refractivity contribution in [3.05, 3.63) is 46.3 Å². The van der Waals surface area contributed by atoms with Crippen molar-refractivity contribution in [1.82, 2.24) is 0 Å². The number of esters is 1. The molecule has 8 heteroatoms. The van der Waals surface area contributed by atoms with Crippen LogP contribution < -0.4 is 4.31 Å². The third-order valence-electron chi connectivity index (χ3n) is 2.92. The summed E-state index contributed by atoms with van der Waals surface area (Å²) in [6, 6.07) is 7.60. The van der Waals surface area contributed by atoms with E-state index in [9.17, 15) is 13.2 Å². The zero-order chi connectivity index (χ0) is 16.3. The Morgan fingerprint density at radius 3 is 2.64 bits per heavy atom. The van der Waals surface area contributed by atoms with Gasteiger partial charge in [-0.25, -0.2) is 13.2 Å². The lowest BCUT2D eigenvalue weighted by molar-refractivity contribution is 0.0526. The number of thiophene rings is 1. The van der Waals surface area contributed by atoms with Crippen molar-refractivity contribution in [2.24, 2.45) is 0 Å². The molecule has 0 saturated heterocycles. The molecule has 0 N–H and O–H groups in total. The van der Waals surface area contributed by atoms with Crippen LogP contribution in [0.4, 0.5) is 5.69 Å². The average molecular weight is 360 g/mol. The van der Waals surface area contributed by atoms with Crippen LogP contribution in [-0.4, -0.2) is 28.0 Å². The van der Waals surface area contributed by atoms with Gasteiger partial charge in [0.2, 0.25) is 0 Å². The van der Waals surface area contributed by atoms with Gasteiger partial charge in [-0.1, -0.05) is 17.7 Å². The van der Waals surface area contributed by atoms with Crippen LogP contribution in [0, 0.1) is 0 Å². The van der Waals surface area contributed by atoms with Gasteiger partial charge in [0.05, 0.1) is 22.9 Å². The molecule has 2 rings (SSSR count). The van der Waals surface area contributed by atoms with E-state index in [2.05, 4.69) is 0 Å². The van der Waals surface area contributed by atoms with Crippen LogP contribution in [0.15, 0.2) is 39.9 Å². The normalized spacial score (nSPS) is 11.2. The highest BCUT2D eigenvalue weighted by molar-refractivity contribution is 7.94. The van der Waals surface area contributed by atoms with Gasteiger partial charge in [0.1, 0.15) is 4.21 Å². The van der Waals surface area contributed by atoms with E-state index < -0.39 is 16.0 Å². The van der Waals surface area contributed by atoms with E-state index in [-0.39, 0.29) is 21.4 Å². The van der Waals surface area contributed by atoms with E-state index in [1.165, 1.54) is 31.3 Å². The summed E-state index contributed by atoms with van der Waals surface area (Å²) in [5.74, 6) is -0.539. The molecule has 0 bridgehead atoms. The minimum absolute atomic E-state index is 0.143. The summed E-state index contributed by atoms with van der Waals surface area (Å²) >= 11 is 7.19. The minimum atomic E-state index is -3.63. The summed E-state index contributed by atoms with van der Waals surface area (Å²) < 4.78 is 31.1. The molecule has 2 aromatic rings. The van der Waals surface area contributed by atoms with E-state index in [0.717, 1.165) is 15.6 Å². The molecular weight excluding hydrogens is 346 g/mol. The molecule has 1 aromatic carbocycles. The summed E-state index contributed by atoms with van der Waals surface area (Å²) in [4.78, 5) is 11.7. The number of halogens is 1. The molecule has 0 aliphatic rings. The third-order valence-corrected chi connectivity index (χ3v) is 6.39. The minimum Gasteiger partial charge on any atom is -0.462 e. The monoisotopic (exact) mass is 359 g/mol. The Morgan fingerprint density at radius 2 is 2.09 bits per heavy atom. The first kappa shape index (κ1) is 16.8. The lowest BCUT2D eigenvalue weighted by Crippen LogP contribution is -2.25. The zero-order valence-corrected chi connectivity index (χ0v) is 14.3. The number of rotatable bonds is 5. The molecule has 0 amide bonds. The predicted octanol–water partition coefficient (Wildman–Crippen LogP) is 3.40. The summed E-state index contributed by atoms with van der Waals surface area (Å²) in [5, 5.41) is 1.83. The Balaban J connectivity index is 2.34. The first-order valence-electron chi connectivity index (χ1n) is 6.37. The molecule has 0 aliphatic carbocycles. The van der Waals surface area contributed by atoms with Crippen LogP contribution in [0.1, 0.15) is 17.3 Å². The molecular formula is C14H14ClNO4S2. The van der Waals surface area contributed by atoms with Gasteiger partial charge >= 0.3 is 5.97 Å². The maximum absolute atomic E-state index is 12.4. The van der Waals surface area contributed by atoms with Crippen LogP contribution in [0.5, 0.6) is 0 Å². The summed E-state index contributed by atoms with van der Waals surface area (Å²) in [5.41, 5.74) is 0.570. The van der Waals surface area contributed by atoms with Gasteiger partial charge in [0, 0.05) is 7.05 Å². The number of nitrogens with zero attached hydrogens (tertiary/aromatic N) is 1. The highest BCUT2D eigenvalue weighted by Crippen LogP contribution is 2.28. The topological polar surface area (TPSA) is 63.7 Å². The number of benzene rings is 1. The number of carbonyl (C=O) groups is 1. The van der Waals surface area contributed by atoms with E-state index in [1.54, 1.807) is 18.4 Å². The molecule has 0 unspecified atom stereocenters. The number of anilines is 1. The van der Waals surface area contributed by atoms with Crippen LogP contribution in [0.25, 0.3) is 0 Å². The van der Waals surface area contributed by atoms with Crippen molar-refractivity contribution < 1.29 is 17.9 Å². The number of hydrogen-bond donors (Lipinski definition) is 0. The largest absolute Gasteiger partial charge is 0.462 e. The molecule has 0 fully saturated rings. The van der Waals surface area contributed by atoms with E-state index >= 15 is 0 Å². The third kappa shape index (κ3) is 3.26. The van der Waals surface area contributed by atoms with Crippen molar-refractivity contribution in [3.63, 3.8) is 0 Å². The highest BCUT2D eigenvalue weighted by Gasteiger charge is 2.23. The Labute approximate surface area is 138 Å². The van der Waals surface area contributed by atoms with Crippen molar-refractivity contribution in [2.75, 3.05) is 18.0 Å². The van der Waals surface area contributed by atoms with Crippen LogP contribution in [0.3, 0.4) is 0 Å². The van der Waals surface area contributed by atoms with Gasteiger partial charge in [0.25, 0.3) is 10.0 Å². The molecule has 0 atom stereocenters. The summed E-state index contributed by atoms with van der Waals surface area (Å²) in [6.45, 7) is 1.94. The zero-order valence-electron chi connectivity index (χ0n) is 11.9. The van der Waals surface area contributed by atoms with Crippen LogP contribution in [-0.2, 0) is 14.8 Å². The molecule has 118 valence electrons. The van der Waals surface area contributed by atoms with Gasteiger partial charge in [-0.05, 0) is 36.6 Å². The van der Waals surface area contributed by atoms with Gasteiger partial charge in [-0.15, -0.1) is 11.3 Å². The fraction of sp³-hybridized carbons (Fsp3) is 0.214. The molecule has 22 heavy (non-hydrogen) atoms. The summed E-state index contributed by atoms with van der Waals surface area (Å²) in [6.07, 6.45) is 0. The van der Waals surface area contributed by atoms with Gasteiger partial charge in [-0.3, -0.25) is 4.31 Å². The molecule has 0 saturated carbocycles. The first-order chi connectivity index (χ1) is 10.4. The van der Waals surface area contributed by atoms with Crippen molar-refractivity contribution in [3.8, 4) is 0 Å². The highest BCUT2D eigenvalue weighted by atomic mass is 35.5. The van der Waals surface area contributed by atoms with Crippen molar-refractivity contribution in [2.45, 2.75) is 11.1 Å². The summed E-state index contributed by atoms with van der Waals surface area (Å²) in [7, 11) is -2.20. The Bertz CT molecular complexity index is 772. The lowest BCUT2D eigenvalue weighted by Gasteiger charge is -2.19. The second-order valence-corrected chi connectivity index (χ2v) is 7.84. The maximum Gasteiger partial charge on any atom is 0.339 e. The Hall–Kier alpha value is -1.57. The van der Waals surface area contributed by atoms with Crippen molar-refractivity contribution in [1.29, 1.82) is 0 Å². The Morgan fingerprint density at radius 1 is 1.36 bits per heavy atom. The van der Waals surface area contributed by atoms with E-state index in [4.69, 9.17) is 16.3 Å². The number of ether oxygens (including phenoxy) is 1. The maximum atomic E-state index is 12.4. The molecule has 0 radical (unpaired) electrons. The predicted molar refractivity (Wildman–Crippen MR) is 87.3 cm³/mol. The van der Waals surface area contributed by atoms with Crippen LogP contribution >= 0.6 is 22.9 Å². The smallest absolute Gasteiger partial charge is 0.339 e. The average Bonchev–Trinajstić information content (AvgIpc) is 3.01. The molecule has 1 heterocycles. The Kier molecular flexibility index (Phi) is 5.10. The fourth-order valence-corrected chi connectivity index (χ4v) is 4.36. The standard InChI is InChI=1S/C14H14ClNO4S2/c1-3-20-14(17)11-7-6-10(9-12(11)15)16(2)22(18,19)13-5-4-8-21-13/h4-9H,3H2,1-2H3. The van der Waals surface area contributed by atoms with E-state index in [1.807, 2.05) is 0 Å². The van der Waals surface area contributed by atoms with E-state index in [0.29, 0.717) is 5.69 Å². The van der Waals surface area contributed by atoms with Gasteiger partial charge in [-0.2, -0.15) is 0 Å². The molecule has 0 aliphatic heterocycles. The van der Waals surface area contributed by atoms with Crippen molar-refractivity contribution >= 4 is 44.6 Å². The number of carbonyl (C=O) groups excluding carboxylic acids is 1. The number of sulfonamides is 1. The molecule has 0 spiro atoms. The fourth-order valence-electron chi connectivity index (χ4n) is 1.76. The second kappa shape index (κ2) is 6.68. The first-order valence-corrected chi connectivity index (χ1v) is 9.06. The second-order valence-electron chi connectivity index (χ2n) is 4.29. The number of hydrogen-bond acceptors (Lipinski definition) is 5. The molecule has 5 nitrogen and oxygen atoms in total.